The Balaban J connectivity index is 2.49. The summed E-state index contributed by atoms with van der Waals surface area (Å²) in [6.45, 7) is 3.29. The molecule has 0 fully saturated rings. The molecule has 0 bridgehead atoms. The first-order valence-electron chi connectivity index (χ1n) is 1.47. The number of nitrogens with one attached hydrogen (secondary N) is 1. The molecule has 0 amide bonds. The van der Waals surface area contributed by atoms with Crippen LogP contribution in [-0.2, 0) is 4.84 Å². The molecule has 0 saturated heterocycles. The molecule has 0 aromatic carbocycles. The fourth-order valence-electron chi connectivity index (χ4n) is 0.0904. The van der Waals surface area contributed by atoms with Crippen molar-refractivity contribution in [3.63, 3.8) is 0 Å². The summed E-state index contributed by atoms with van der Waals surface area (Å²) in [6.07, 6.45) is 1.32. The van der Waals surface area contributed by atoms with Crippen molar-refractivity contribution in [1.82, 2.24) is 5.48 Å². The zero-order chi connectivity index (χ0) is 4.83. The van der Waals surface area contributed by atoms with Crippen LogP contribution in [0, 0.1) is 0 Å². The molecule has 0 radical (unpaired) electrons. The Morgan fingerprint density at radius 1 is 2.00 bits per heavy atom. The maximum Gasteiger partial charge on any atom is 0.104 e. The van der Waals surface area contributed by atoms with Gasteiger partial charge in [0, 0.05) is 0 Å². The molecule has 1 N–H and O–H groups in total. The van der Waals surface area contributed by atoms with Crippen LogP contribution in [0.2, 0.25) is 0 Å². The highest BCUT2D eigenvalue weighted by atomic mass is 79.9. The monoisotopic (exact) mass is 151 g/mol. The first kappa shape index (κ1) is 5.98. The number of rotatable bonds is 3. The molecular formula is C3H6BrNO. The van der Waals surface area contributed by atoms with Crippen LogP contribution in [-0.4, -0.2) is 5.45 Å². The van der Waals surface area contributed by atoms with Gasteiger partial charge in [-0.25, -0.2) is 0 Å². The lowest BCUT2D eigenvalue weighted by molar-refractivity contribution is 0.155. The van der Waals surface area contributed by atoms with Crippen molar-refractivity contribution >= 4 is 15.9 Å². The summed E-state index contributed by atoms with van der Waals surface area (Å²) in [7, 11) is 0. The van der Waals surface area contributed by atoms with Crippen LogP contribution < -0.4 is 5.48 Å². The molecule has 0 aliphatic rings. The summed E-state index contributed by atoms with van der Waals surface area (Å²) in [6, 6.07) is 0. The molecule has 0 heterocycles. The quantitative estimate of drug-likeness (QED) is 0.214. The number of halogens is 1. The Morgan fingerprint density at radius 3 is 2.83 bits per heavy atom. The predicted molar refractivity (Wildman–Crippen MR) is 28.2 cm³/mol. The standard InChI is InChI=1S/C3H6BrNO/c1-2-6-5-3-4/h2,5H,1,3H2. The number of hydroxylamine groups is 1. The fraction of sp³-hybridized carbons (Fsp3) is 0.333. The van der Waals surface area contributed by atoms with Crippen molar-refractivity contribution in [2.45, 2.75) is 0 Å². The van der Waals surface area contributed by atoms with Crippen molar-refractivity contribution < 1.29 is 4.84 Å². The van der Waals surface area contributed by atoms with E-state index >= 15 is 0 Å². The number of hydrogen-bond acceptors (Lipinski definition) is 2. The van der Waals surface area contributed by atoms with Crippen LogP contribution in [0.1, 0.15) is 0 Å². The Hall–Kier alpha value is -0.0200. The average molecular weight is 152 g/mol. The molecule has 36 valence electrons. The van der Waals surface area contributed by atoms with E-state index < -0.39 is 0 Å². The van der Waals surface area contributed by atoms with E-state index in [0.29, 0.717) is 5.45 Å². The molecular weight excluding hydrogens is 146 g/mol. The minimum absolute atomic E-state index is 0.624. The molecule has 0 atom stereocenters. The molecule has 0 saturated carbocycles. The van der Waals surface area contributed by atoms with Crippen molar-refractivity contribution in [1.29, 1.82) is 0 Å². The van der Waals surface area contributed by atoms with Gasteiger partial charge in [0.1, 0.15) is 6.26 Å². The van der Waals surface area contributed by atoms with E-state index in [-0.39, 0.29) is 0 Å². The zero-order valence-electron chi connectivity index (χ0n) is 3.28. The normalized spacial score (nSPS) is 7.50. The van der Waals surface area contributed by atoms with E-state index in [0.717, 1.165) is 0 Å². The second-order valence-corrected chi connectivity index (χ2v) is 1.12. The lowest BCUT2D eigenvalue weighted by atomic mass is 11.2. The van der Waals surface area contributed by atoms with Crippen LogP contribution in [0.4, 0.5) is 0 Å². The molecule has 2 nitrogen and oxygen atoms in total. The van der Waals surface area contributed by atoms with Gasteiger partial charge in [0.15, 0.2) is 0 Å². The highest BCUT2D eigenvalue weighted by molar-refractivity contribution is 9.09. The largest absolute Gasteiger partial charge is 0.416 e. The van der Waals surface area contributed by atoms with Gasteiger partial charge < -0.3 is 4.84 Å². The number of hydrogen-bond donors (Lipinski definition) is 1. The molecule has 0 rings (SSSR count). The third-order valence-electron chi connectivity index (χ3n) is 0.221. The van der Waals surface area contributed by atoms with E-state index in [2.05, 4.69) is 32.8 Å². The van der Waals surface area contributed by atoms with Crippen molar-refractivity contribution in [2.24, 2.45) is 0 Å². The summed E-state index contributed by atoms with van der Waals surface area (Å²) in [4.78, 5) is 4.45. The number of alkyl halides is 1. The van der Waals surface area contributed by atoms with Crippen molar-refractivity contribution in [3.05, 3.63) is 12.8 Å². The summed E-state index contributed by atoms with van der Waals surface area (Å²) in [5.74, 6) is 0. The summed E-state index contributed by atoms with van der Waals surface area (Å²) < 4.78 is 0. The van der Waals surface area contributed by atoms with Crippen molar-refractivity contribution in [3.8, 4) is 0 Å². The SMILES string of the molecule is C=CONCBr. The third-order valence-corrected chi connectivity index (χ3v) is 0.450. The van der Waals surface area contributed by atoms with Gasteiger partial charge in [-0.3, -0.25) is 0 Å². The van der Waals surface area contributed by atoms with Crippen molar-refractivity contribution in [2.75, 3.05) is 5.45 Å². The van der Waals surface area contributed by atoms with Gasteiger partial charge in [-0.05, 0) is 0 Å². The van der Waals surface area contributed by atoms with Gasteiger partial charge in [0.25, 0.3) is 0 Å². The lowest BCUT2D eigenvalue weighted by Gasteiger charge is -1.91. The summed E-state index contributed by atoms with van der Waals surface area (Å²) >= 11 is 3.07. The second kappa shape index (κ2) is 4.98. The summed E-state index contributed by atoms with van der Waals surface area (Å²) in [5, 5.41) is 0. The molecule has 0 aliphatic carbocycles. The Bertz CT molecular complexity index is 39.8. The Kier molecular flexibility index (Phi) is 4.96. The van der Waals surface area contributed by atoms with E-state index in [4.69, 9.17) is 0 Å². The molecule has 0 aromatic rings. The first-order valence-corrected chi connectivity index (χ1v) is 2.59. The zero-order valence-corrected chi connectivity index (χ0v) is 4.86. The third kappa shape index (κ3) is 3.98. The van der Waals surface area contributed by atoms with Gasteiger partial charge in [-0.1, -0.05) is 22.5 Å². The molecule has 0 unspecified atom stereocenters. The van der Waals surface area contributed by atoms with Crippen LogP contribution in [0.15, 0.2) is 12.8 Å². The maximum atomic E-state index is 4.45. The Labute approximate surface area is 45.3 Å². The highest BCUT2D eigenvalue weighted by Gasteiger charge is 1.66. The first-order chi connectivity index (χ1) is 2.91. The van der Waals surface area contributed by atoms with Crippen LogP contribution in [0.3, 0.4) is 0 Å². The van der Waals surface area contributed by atoms with Gasteiger partial charge in [-0.2, -0.15) is 0 Å². The Morgan fingerprint density at radius 2 is 2.67 bits per heavy atom. The molecule has 6 heavy (non-hydrogen) atoms. The average Bonchev–Trinajstić information content (AvgIpc) is 1.61. The fourth-order valence-corrected chi connectivity index (χ4v) is 0.223. The minimum Gasteiger partial charge on any atom is -0.416 e. The highest BCUT2D eigenvalue weighted by Crippen LogP contribution is 1.70. The minimum atomic E-state index is 0.624. The van der Waals surface area contributed by atoms with Gasteiger partial charge in [0.05, 0.1) is 5.45 Å². The van der Waals surface area contributed by atoms with E-state index in [1.54, 1.807) is 0 Å². The van der Waals surface area contributed by atoms with Crippen LogP contribution in [0.5, 0.6) is 0 Å². The maximum absolute atomic E-state index is 4.45. The topological polar surface area (TPSA) is 21.3 Å². The van der Waals surface area contributed by atoms with Gasteiger partial charge >= 0.3 is 0 Å². The molecule has 0 aromatic heterocycles. The van der Waals surface area contributed by atoms with E-state index in [1.165, 1.54) is 6.26 Å². The van der Waals surface area contributed by atoms with E-state index in [1.807, 2.05) is 0 Å². The molecule has 0 spiro atoms. The summed E-state index contributed by atoms with van der Waals surface area (Å²) in [5.41, 5.74) is 3.12. The second-order valence-electron chi connectivity index (χ2n) is 0.562. The smallest absolute Gasteiger partial charge is 0.104 e. The predicted octanol–water partition coefficient (Wildman–Crippen LogP) is 1.00. The van der Waals surface area contributed by atoms with E-state index in [9.17, 15) is 0 Å². The molecule has 0 aliphatic heterocycles. The van der Waals surface area contributed by atoms with Gasteiger partial charge in [-0.15, -0.1) is 5.48 Å². The van der Waals surface area contributed by atoms with Crippen LogP contribution in [0.25, 0.3) is 0 Å². The molecule has 3 heteroatoms. The van der Waals surface area contributed by atoms with Gasteiger partial charge in [0.2, 0.25) is 0 Å². The van der Waals surface area contributed by atoms with Crippen LogP contribution >= 0.6 is 15.9 Å². The lowest BCUT2D eigenvalue weighted by Crippen LogP contribution is -2.05.